The molecule has 1 N–H and O–H groups in total. The van der Waals surface area contributed by atoms with Crippen LogP contribution in [0, 0.1) is 19.8 Å². The van der Waals surface area contributed by atoms with Gasteiger partial charge in [-0.1, -0.05) is 6.92 Å². The molecule has 1 aliphatic rings. The maximum absolute atomic E-state index is 12.5. The van der Waals surface area contributed by atoms with Crippen LogP contribution >= 0.6 is 11.3 Å². The van der Waals surface area contributed by atoms with Crippen molar-refractivity contribution in [3.8, 4) is 0 Å². The van der Waals surface area contributed by atoms with E-state index < -0.39 is 0 Å². The SMILES string of the molecule is CCc1nc(C)c2c(C)c(C(=O)NC[C@@H]3CCOC3)sc2n1. The summed E-state index contributed by atoms with van der Waals surface area (Å²) < 4.78 is 5.34. The molecule has 0 saturated carbocycles. The second kappa shape index (κ2) is 6.30. The van der Waals surface area contributed by atoms with Gasteiger partial charge < -0.3 is 10.1 Å². The Morgan fingerprint density at radius 1 is 1.41 bits per heavy atom. The lowest BCUT2D eigenvalue weighted by atomic mass is 10.1. The van der Waals surface area contributed by atoms with Crippen molar-refractivity contribution in [1.29, 1.82) is 0 Å². The van der Waals surface area contributed by atoms with Crippen molar-refractivity contribution in [3.05, 3.63) is 22.0 Å². The largest absolute Gasteiger partial charge is 0.381 e. The zero-order valence-corrected chi connectivity index (χ0v) is 14.0. The van der Waals surface area contributed by atoms with Crippen LogP contribution in [-0.4, -0.2) is 35.6 Å². The fourth-order valence-corrected chi connectivity index (χ4v) is 4.00. The van der Waals surface area contributed by atoms with Gasteiger partial charge in [0.05, 0.1) is 11.5 Å². The summed E-state index contributed by atoms with van der Waals surface area (Å²) in [6.07, 6.45) is 1.83. The van der Waals surface area contributed by atoms with Crippen molar-refractivity contribution >= 4 is 27.5 Å². The van der Waals surface area contributed by atoms with Crippen LogP contribution in [0.1, 0.15) is 40.1 Å². The molecule has 6 heteroatoms. The first-order valence-electron chi connectivity index (χ1n) is 7.72. The predicted molar refractivity (Wildman–Crippen MR) is 87.5 cm³/mol. The van der Waals surface area contributed by atoms with E-state index in [1.54, 1.807) is 0 Å². The van der Waals surface area contributed by atoms with E-state index in [0.717, 1.165) is 58.2 Å². The average Bonchev–Trinajstić information content (AvgIpc) is 3.12. The van der Waals surface area contributed by atoms with Crippen LogP contribution in [0.15, 0.2) is 0 Å². The number of aromatic nitrogens is 2. The zero-order chi connectivity index (χ0) is 15.7. The number of hydrogen-bond donors (Lipinski definition) is 1. The molecule has 5 nitrogen and oxygen atoms in total. The average molecular weight is 319 g/mol. The van der Waals surface area contributed by atoms with Gasteiger partial charge in [0.2, 0.25) is 0 Å². The van der Waals surface area contributed by atoms with Gasteiger partial charge in [0.15, 0.2) is 0 Å². The number of nitrogens with one attached hydrogen (secondary N) is 1. The normalized spacial score (nSPS) is 18.0. The Balaban J connectivity index is 1.85. The molecular weight excluding hydrogens is 298 g/mol. The van der Waals surface area contributed by atoms with E-state index in [1.807, 2.05) is 20.8 Å². The molecule has 0 unspecified atom stereocenters. The van der Waals surface area contributed by atoms with E-state index in [1.165, 1.54) is 11.3 Å². The second-order valence-corrected chi connectivity index (χ2v) is 6.75. The van der Waals surface area contributed by atoms with Gasteiger partial charge in [0.1, 0.15) is 10.7 Å². The molecule has 1 aliphatic heterocycles. The van der Waals surface area contributed by atoms with Crippen LogP contribution in [0.4, 0.5) is 0 Å². The minimum absolute atomic E-state index is 0.00940. The summed E-state index contributed by atoms with van der Waals surface area (Å²) in [6, 6.07) is 0. The molecule has 3 rings (SSSR count). The minimum Gasteiger partial charge on any atom is -0.381 e. The van der Waals surface area contributed by atoms with Crippen LogP contribution in [0.3, 0.4) is 0 Å². The quantitative estimate of drug-likeness (QED) is 0.941. The molecule has 3 heterocycles. The summed E-state index contributed by atoms with van der Waals surface area (Å²) in [5.74, 6) is 1.26. The van der Waals surface area contributed by atoms with Crippen LogP contribution in [0.2, 0.25) is 0 Å². The number of carbonyl (C=O) groups excluding carboxylic acids is 1. The van der Waals surface area contributed by atoms with E-state index >= 15 is 0 Å². The fraction of sp³-hybridized carbons (Fsp3) is 0.562. The lowest BCUT2D eigenvalue weighted by molar-refractivity contribution is 0.0948. The Bertz CT molecular complexity index is 705. The Kier molecular flexibility index (Phi) is 4.40. The highest BCUT2D eigenvalue weighted by Crippen LogP contribution is 2.31. The lowest BCUT2D eigenvalue weighted by Crippen LogP contribution is -2.29. The first-order chi connectivity index (χ1) is 10.6. The molecule has 0 aliphatic carbocycles. The van der Waals surface area contributed by atoms with Gasteiger partial charge in [-0.25, -0.2) is 9.97 Å². The summed E-state index contributed by atoms with van der Waals surface area (Å²) in [4.78, 5) is 23.2. The molecule has 2 aromatic heterocycles. The van der Waals surface area contributed by atoms with Crippen molar-refractivity contribution in [1.82, 2.24) is 15.3 Å². The molecule has 0 bridgehead atoms. The summed E-state index contributed by atoms with van der Waals surface area (Å²) >= 11 is 1.46. The van der Waals surface area contributed by atoms with Gasteiger partial charge in [-0.3, -0.25) is 4.79 Å². The molecule has 2 aromatic rings. The van der Waals surface area contributed by atoms with Crippen LogP contribution in [0.5, 0.6) is 0 Å². The number of aryl methyl sites for hydroxylation is 3. The molecule has 0 spiro atoms. The van der Waals surface area contributed by atoms with Crippen LogP contribution in [0.25, 0.3) is 10.2 Å². The van der Waals surface area contributed by atoms with E-state index in [-0.39, 0.29) is 5.91 Å². The topological polar surface area (TPSA) is 64.1 Å². The van der Waals surface area contributed by atoms with Gasteiger partial charge in [-0.2, -0.15) is 0 Å². The summed E-state index contributed by atoms with van der Waals surface area (Å²) in [5.41, 5.74) is 1.94. The number of thiophene rings is 1. The Hall–Kier alpha value is -1.53. The number of carbonyl (C=O) groups is 1. The molecule has 1 fully saturated rings. The van der Waals surface area contributed by atoms with Gasteiger partial charge in [-0.15, -0.1) is 11.3 Å². The third-order valence-electron chi connectivity index (χ3n) is 4.12. The van der Waals surface area contributed by atoms with Crippen LogP contribution in [-0.2, 0) is 11.2 Å². The number of ether oxygens (including phenoxy) is 1. The smallest absolute Gasteiger partial charge is 0.261 e. The Morgan fingerprint density at radius 2 is 2.23 bits per heavy atom. The molecule has 0 radical (unpaired) electrons. The summed E-state index contributed by atoms with van der Waals surface area (Å²) in [5, 5.41) is 4.06. The number of nitrogens with zero attached hydrogens (tertiary/aromatic N) is 2. The van der Waals surface area contributed by atoms with Crippen molar-refractivity contribution in [2.45, 2.75) is 33.6 Å². The fourth-order valence-electron chi connectivity index (χ4n) is 2.83. The molecule has 118 valence electrons. The number of rotatable bonds is 4. The van der Waals surface area contributed by atoms with Crippen molar-refractivity contribution < 1.29 is 9.53 Å². The Labute approximate surface area is 134 Å². The predicted octanol–water partition coefficient (Wildman–Crippen LogP) is 2.64. The maximum atomic E-state index is 12.5. The molecule has 0 aromatic carbocycles. The monoisotopic (exact) mass is 319 g/mol. The van der Waals surface area contributed by atoms with E-state index in [0.29, 0.717) is 12.5 Å². The van der Waals surface area contributed by atoms with E-state index in [4.69, 9.17) is 4.74 Å². The number of hydrogen-bond acceptors (Lipinski definition) is 5. The Morgan fingerprint density at radius 3 is 2.91 bits per heavy atom. The highest BCUT2D eigenvalue weighted by atomic mass is 32.1. The highest BCUT2D eigenvalue weighted by molar-refractivity contribution is 7.20. The van der Waals surface area contributed by atoms with Gasteiger partial charge in [-0.05, 0) is 25.8 Å². The highest BCUT2D eigenvalue weighted by Gasteiger charge is 2.21. The molecular formula is C16H21N3O2S. The summed E-state index contributed by atoms with van der Waals surface area (Å²) in [6.45, 7) is 8.23. The first-order valence-corrected chi connectivity index (χ1v) is 8.54. The minimum atomic E-state index is -0.00940. The van der Waals surface area contributed by atoms with Crippen LogP contribution < -0.4 is 5.32 Å². The first kappa shape index (κ1) is 15.4. The lowest BCUT2D eigenvalue weighted by Gasteiger charge is -2.08. The molecule has 22 heavy (non-hydrogen) atoms. The van der Waals surface area contributed by atoms with E-state index in [2.05, 4.69) is 15.3 Å². The number of fused-ring (bicyclic) bond motifs is 1. The molecule has 1 amide bonds. The van der Waals surface area contributed by atoms with Gasteiger partial charge in [0, 0.05) is 36.6 Å². The third-order valence-corrected chi connectivity index (χ3v) is 5.30. The van der Waals surface area contributed by atoms with Crippen molar-refractivity contribution in [2.75, 3.05) is 19.8 Å². The summed E-state index contributed by atoms with van der Waals surface area (Å²) in [7, 11) is 0. The van der Waals surface area contributed by atoms with E-state index in [9.17, 15) is 4.79 Å². The standard InChI is InChI=1S/C16H21N3O2S/c1-4-12-18-10(3)13-9(2)14(22-16(13)19-12)15(20)17-7-11-5-6-21-8-11/h11H,4-8H2,1-3H3,(H,17,20)/t11-/m0/s1. The number of amides is 1. The van der Waals surface area contributed by atoms with Crippen molar-refractivity contribution in [3.63, 3.8) is 0 Å². The zero-order valence-electron chi connectivity index (χ0n) is 13.2. The van der Waals surface area contributed by atoms with Crippen molar-refractivity contribution in [2.24, 2.45) is 5.92 Å². The van der Waals surface area contributed by atoms with Gasteiger partial charge >= 0.3 is 0 Å². The maximum Gasteiger partial charge on any atom is 0.261 e. The second-order valence-electron chi connectivity index (χ2n) is 5.75. The third kappa shape index (κ3) is 2.85. The van der Waals surface area contributed by atoms with Gasteiger partial charge in [0.25, 0.3) is 5.91 Å². The molecule has 1 saturated heterocycles. The molecule has 1 atom stereocenters.